The van der Waals surface area contributed by atoms with Crippen LogP contribution in [0.2, 0.25) is 0 Å². The van der Waals surface area contributed by atoms with E-state index in [1.165, 1.54) is 13.8 Å². The molecular formula is C12H23NO5S. The highest BCUT2D eigenvalue weighted by Crippen LogP contribution is 2.26. The van der Waals surface area contributed by atoms with Gasteiger partial charge in [0.2, 0.25) is 5.91 Å². The molecule has 0 aliphatic carbocycles. The maximum Gasteiger partial charge on any atom is 0.316 e. The maximum atomic E-state index is 11.9. The van der Waals surface area contributed by atoms with E-state index in [-0.39, 0.29) is 6.54 Å². The van der Waals surface area contributed by atoms with Gasteiger partial charge < -0.3 is 10.4 Å². The first-order valence-electron chi connectivity index (χ1n) is 5.90. The summed E-state index contributed by atoms with van der Waals surface area (Å²) in [5.41, 5.74) is -0.745. The third kappa shape index (κ3) is 4.81. The molecule has 1 atom stereocenters. The number of carbonyl (C=O) groups is 2. The van der Waals surface area contributed by atoms with E-state index in [2.05, 4.69) is 5.32 Å². The molecule has 0 aliphatic rings. The molecule has 0 aromatic carbocycles. The van der Waals surface area contributed by atoms with E-state index < -0.39 is 37.8 Å². The number of carboxylic acid groups (broad SMARTS) is 1. The van der Waals surface area contributed by atoms with Crippen molar-refractivity contribution in [1.29, 1.82) is 0 Å². The fourth-order valence-corrected chi connectivity index (χ4v) is 1.74. The molecule has 6 nitrogen and oxygen atoms in total. The lowest BCUT2D eigenvalue weighted by molar-refractivity contribution is -0.151. The first-order chi connectivity index (χ1) is 8.20. The van der Waals surface area contributed by atoms with Crippen LogP contribution < -0.4 is 5.32 Å². The molecule has 7 heteroatoms. The number of rotatable bonds is 5. The topological polar surface area (TPSA) is 101 Å². The van der Waals surface area contributed by atoms with E-state index in [0.717, 1.165) is 6.26 Å². The number of sulfone groups is 1. The van der Waals surface area contributed by atoms with E-state index in [4.69, 9.17) is 5.11 Å². The molecule has 0 rings (SSSR count). The number of carbonyl (C=O) groups excluding carboxylic acids is 1. The Hall–Kier alpha value is -1.11. The van der Waals surface area contributed by atoms with Crippen LogP contribution in [0.25, 0.3) is 0 Å². The van der Waals surface area contributed by atoms with Crippen molar-refractivity contribution < 1.29 is 23.1 Å². The van der Waals surface area contributed by atoms with Gasteiger partial charge in [-0.3, -0.25) is 9.59 Å². The number of hydrogen-bond acceptors (Lipinski definition) is 4. The minimum atomic E-state index is -3.34. The summed E-state index contributed by atoms with van der Waals surface area (Å²) in [6.07, 6.45) is 1.08. The highest BCUT2D eigenvalue weighted by molar-refractivity contribution is 7.92. The average Bonchev–Trinajstić information content (AvgIpc) is 2.09. The molecule has 112 valence electrons. The molecule has 0 fully saturated rings. The number of nitrogens with one attached hydrogen (secondary N) is 1. The highest BCUT2D eigenvalue weighted by atomic mass is 32.2. The standard InChI is InChI=1S/C12H23NO5S/c1-11(2,3)8(10(15)16)9(14)13-7-12(4,5)19(6,17)18/h8H,7H2,1-6H3,(H,13,14)(H,15,16). The quantitative estimate of drug-likeness (QED) is 0.726. The Morgan fingerprint density at radius 3 is 1.84 bits per heavy atom. The van der Waals surface area contributed by atoms with Crippen molar-refractivity contribution in [1.82, 2.24) is 5.32 Å². The van der Waals surface area contributed by atoms with Gasteiger partial charge in [-0.05, 0) is 19.3 Å². The average molecular weight is 293 g/mol. The Bertz CT molecular complexity index is 459. The fourth-order valence-electron chi connectivity index (χ4n) is 1.41. The lowest BCUT2D eigenvalue weighted by atomic mass is 9.80. The van der Waals surface area contributed by atoms with E-state index in [1.54, 1.807) is 20.8 Å². The maximum absolute atomic E-state index is 11.9. The van der Waals surface area contributed by atoms with Crippen molar-refractivity contribution in [2.75, 3.05) is 12.8 Å². The van der Waals surface area contributed by atoms with Crippen molar-refractivity contribution in [2.45, 2.75) is 39.4 Å². The zero-order valence-electron chi connectivity index (χ0n) is 12.3. The predicted molar refractivity (Wildman–Crippen MR) is 72.5 cm³/mol. The second-order valence-corrected chi connectivity index (χ2v) is 9.04. The summed E-state index contributed by atoms with van der Waals surface area (Å²) >= 11 is 0. The summed E-state index contributed by atoms with van der Waals surface area (Å²) in [7, 11) is -3.34. The van der Waals surface area contributed by atoms with E-state index in [1.807, 2.05) is 0 Å². The Kier molecular flexibility index (Phi) is 5.16. The minimum absolute atomic E-state index is 0.121. The van der Waals surface area contributed by atoms with Gasteiger partial charge in [0.05, 0.1) is 4.75 Å². The van der Waals surface area contributed by atoms with Gasteiger partial charge in [-0.15, -0.1) is 0 Å². The zero-order chi connectivity index (χ0) is 15.6. The van der Waals surface area contributed by atoms with Crippen LogP contribution in [0.5, 0.6) is 0 Å². The molecule has 0 saturated carbocycles. The molecule has 0 bridgehead atoms. The lowest BCUT2D eigenvalue weighted by Crippen LogP contribution is -2.49. The summed E-state index contributed by atoms with van der Waals surface area (Å²) in [4.78, 5) is 23.0. The van der Waals surface area contributed by atoms with Crippen LogP contribution in [-0.4, -0.2) is 42.9 Å². The Balaban J connectivity index is 4.94. The molecule has 1 amide bonds. The molecule has 2 N–H and O–H groups in total. The van der Waals surface area contributed by atoms with Gasteiger partial charge in [-0.25, -0.2) is 8.42 Å². The number of carboxylic acids is 1. The molecule has 1 unspecified atom stereocenters. The number of aliphatic carboxylic acids is 1. The van der Waals surface area contributed by atoms with Gasteiger partial charge in [0.25, 0.3) is 0 Å². The second kappa shape index (κ2) is 5.48. The van der Waals surface area contributed by atoms with Gasteiger partial charge >= 0.3 is 5.97 Å². The van der Waals surface area contributed by atoms with Crippen LogP contribution in [0.1, 0.15) is 34.6 Å². The van der Waals surface area contributed by atoms with Gasteiger partial charge in [-0.2, -0.15) is 0 Å². The SMILES string of the molecule is CC(C)(C)C(C(=O)O)C(=O)NCC(C)(C)S(C)(=O)=O. The van der Waals surface area contributed by atoms with Crippen molar-refractivity contribution in [3.8, 4) is 0 Å². The van der Waals surface area contributed by atoms with Crippen molar-refractivity contribution >= 4 is 21.7 Å². The Labute approximate surface area is 114 Å². The molecule has 0 saturated heterocycles. The highest BCUT2D eigenvalue weighted by Gasteiger charge is 2.39. The molecule has 19 heavy (non-hydrogen) atoms. The first-order valence-corrected chi connectivity index (χ1v) is 7.79. The second-order valence-electron chi connectivity index (χ2n) is 6.39. The largest absolute Gasteiger partial charge is 0.481 e. The normalized spacial score (nSPS) is 14.8. The molecule has 0 aliphatic heterocycles. The van der Waals surface area contributed by atoms with Gasteiger partial charge in [0.1, 0.15) is 5.92 Å². The minimum Gasteiger partial charge on any atom is -0.481 e. The predicted octanol–water partition coefficient (Wildman–Crippen LogP) is 0.673. The Morgan fingerprint density at radius 2 is 1.58 bits per heavy atom. The van der Waals surface area contributed by atoms with Crippen LogP contribution in [0, 0.1) is 11.3 Å². The van der Waals surface area contributed by atoms with Crippen LogP contribution in [-0.2, 0) is 19.4 Å². The monoisotopic (exact) mass is 293 g/mol. The van der Waals surface area contributed by atoms with Gasteiger partial charge in [0, 0.05) is 12.8 Å². The molecule has 0 radical (unpaired) electrons. The molecule has 0 spiro atoms. The Morgan fingerprint density at radius 1 is 1.16 bits per heavy atom. The molecule has 0 aromatic heterocycles. The third-order valence-corrected chi connectivity index (χ3v) is 5.22. The summed E-state index contributed by atoms with van der Waals surface area (Å²) in [6.45, 7) is 7.78. The van der Waals surface area contributed by atoms with E-state index in [9.17, 15) is 18.0 Å². The summed E-state index contributed by atoms with van der Waals surface area (Å²) < 4.78 is 21.9. The number of hydrogen-bond donors (Lipinski definition) is 2. The molecule has 0 heterocycles. The zero-order valence-corrected chi connectivity index (χ0v) is 13.1. The van der Waals surface area contributed by atoms with E-state index in [0.29, 0.717) is 0 Å². The van der Waals surface area contributed by atoms with E-state index >= 15 is 0 Å². The van der Waals surface area contributed by atoms with Crippen molar-refractivity contribution in [3.05, 3.63) is 0 Å². The van der Waals surface area contributed by atoms with Crippen LogP contribution >= 0.6 is 0 Å². The van der Waals surface area contributed by atoms with Crippen LogP contribution in [0.4, 0.5) is 0 Å². The smallest absolute Gasteiger partial charge is 0.316 e. The summed E-state index contributed by atoms with van der Waals surface area (Å²) in [5.74, 6) is -3.11. The van der Waals surface area contributed by atoms with Gasteiger partial charge in [0.15, 0.2) is 9.84 Å². The molecule has 0 aromatic rings. The number of amides is 1. The van der Waals surface area contributed by atoms with Crippen molar-refractivity contribution in [3.63, 3.8) is 0 Å². The lowest BCUT2D eigenvalue weighted by Gasteiger charge is -2.28. The third-order valence-electron chi connectivity index (χ3n) is 3.07. The van der Waals surface area contributed by atoms with Crippen LogP contribution in [0.15, 0.2) is 0 Å². The summed E-state index contributed by atoms with van der Waals surface area (Å²) in [6, 6.07) is 0. The van der Waals surface area contributed by atoms with Crippen molar-refractivity contribution in [2.24, 2.45) is 11.3 Å². The van der Waals surface area contributed by atoms with Gasteiger partial charge in [-0.1, -0.05) is 20.8 Å². The molecular weight excluding hydrogens is 270 g/mol. The summed E-state index contributed by atoms with van der Waals surface area (Å²) in [5, 5.41) is 11.5. The van der Waals surface area contributed by atoms with Crippen LogP contribution in [0.3, 0.4) is 0 Å². The first kappa shape index (κ1) is 17.9. The fraction of sp³-hybridized carbons (Fsp3) is 0.833.